The lowest BCUT2D eigenvalue weighted by atomic mass is 10.1. The summed E-state index contributed by atoms with van der Waals surface area (Å²) < 4.78 is 27.7. The predicted molar refractivity (Wildman–Crippen MR) is 117 cm³/mol. The SMILES string of the molecule is CC(=O)O.O=S(=O)(c1ccc(-c2ccc[nH]2)cc1Cl)N1CCC(N2CCCC2)CC1. The number of hydrogen-bond acceptors (Lipinski definition) is 4. The molecule has 0 bridgehead atoms. The number of aromatic amines is 1. The van der Waals surface area contributed by atoms with Crippen molar-refractivity contribution in [2.45, 2.75) is 43.5 Å². The molecule has 1 aromatic heterocycles. The van der Waals surface area contributed by atoms with Gasteiger partial charge in [-0.15, -0.1) is 0 Å². The highest BCUT2D eigenvalue weighted by Crippen LogP contribution is 2.31. The molecule has 0 spiro atoms. The Hall–Kier alpha value is -1.87. The van der Waals surface area contributed by atoms with Crippen molar-refractivity contribution in [2.75, 3.05) is 26.2 Å². The molecule has 164 valence electrons. The maximum absolute atomic E-state index is 13.1. The van der Waals surface area contributed by atoms with E-state index in [-0.39, 0.29) is 9.92 Å². The largest absolute Gasteiger partial charge is 0.481 e. The smallest absolute Gasteiger partial charge is 0.300 e. The molecule has 2 aliphatic heterocycles. The number of nitrogens with one attached hydrogen (secondary N) is 1. The van der Waals surface area contributed by atoms with E-state index < -0.39 is 16.0 Å². The van der Waals surface area contributed by atoms with Gasteiger partial charge < -0.3 is 15.0 Å². The molecule has 1 aromatic carbocycles. The van der Waals surface area contributed by atoms with E-state index in [2.05, 4.69) is 9.88 Å². The van der Waals surface area contributed by atoms with Crippen molar-refractivity contribution in [3.8, 4) is 11.3 Å². The lowest BCUT2D eigenvalue weighted by molar-refractivity contribution is -0.134. The van der Waals surface area contributed by atoms with Crippen LogP contribution in [0.2, 0.25) is 5.02 Å². The molecule has 3 heterocycles. The second-order valence-electron chi connectivity index (χ2n) is 7.63. The normalized spacial score (nSPS) is 18.7. The Morgan fingerprint density at radius 2 is 1.77 bits per heavy atom. The molecule has 0 saturated carbocycles. The quantitative estimate of drug-likeness (QED) is 0.736. The molecule has 2 aliphatic rings. The number of carboxylic acids is 1. The third kappa shape index (κ3) is 5.43. The number of likely N-dealkylation sites (tertiary alicyclic amines) is 1. The Labute approximate surface area is 182 Å². The highest BCUT2D eigenvalue weighted by Gasteiger charge is 2.33. The average Bonchev–Trinajstić information content (AvgIpc) is 3.41. The number of nitrogens with zero attached hydrogens (tertiary/aromatic N) is 2. The van der Waals surface area contributed by atoms with Gasteiger partial charge in [0.1, 0.15) is 4.90 Å². The molecule has 4 rings (SSSR count). The number of carboxylic acid groups (broad SMARTS) is 1. The fraction of sp³-hybridized carbons (Fsp3) is 0.476. The summed E-state index contributed by atoms with van der Waals surface area (Å²) in [5, 5.41) is 7.69. The predicted octanol–water partition coefficient (Wildman–Crippen LogP) is 3.67. The fourth-order valence-corrected chi connectivity index (χ4v) is 6.07. The van der Waals surface area contributed by atoms with Gasteiger partial charge in [0.25, 0.3) is 5.97 Å². The molecule has 9 heteroatoms. The Balaban J connectivity index is 0.000000589. The summed E-state index contributed by atoms with van der Waals surface area (Å²) in [4.78, 5) is 14.8. The zero-order valence-corrected chi connectivity index (χ0v) is 18.6. The standard InChI is InChI=1S/C19H24ClN3O2S.C2H4O2/c20-17-14-15(18-4-3-9-21-18)5-6-19(17)26(24,25)23-12-7-16(8-13-23)22-10-1-2-11-22;1-2(3)4/h3-6,9,14,16,21H,1-2,7-8,10-13H2;1H3,(H,3,4). The van der Waals surface area contributed by atoms with Crippen LogP contribution in [0.5, 0.6) is 0 Å². The molecular weight excluding hydrogens is 426 g/mol. The van der Waals surface area contributed by atoms with Crippen molar-refractivity contribution >= 4 is 27.6 Å². The van der Waals surface area contributed by atoms with E-state index in [1.165, 1.54) is 12.8 Å². The molecule has 2 fully saturated rings. The van der Waals surface area contributed by atoms with E-state index >= 15 is 0 Å². The molecule has 0 aliphatic carbocycles. The second-order valence-corrected chi connectivity index (χ2v) is 9.94. The Bertz CT molecular complexity index is 945. The number of aromatic nitrogens is 1. The number of carbonyl (C=O) groups is 1. The molecule has 2 saturated heterocycles. The van der Waals surface area contributed by atoms with Crippen molar-refractivity contribution in [2.24, 2.45) is 0 Å². The zero-order valence-electron chi connectivity index (χ0n) is 17.1. The summed E-state index contributed by atoms with van der Waals surface area (Å²) in [6.45, 7) is 4.53. The fourth-order valence-electron chi connectivity index (χ4n) is 4.08. The van der Waals surface area contributed by atoms with Crippen LogP contribution >= 0.6 is 11.6 Å². The molecule has 0 amide bonds. The molecule has 0 atom stereocenters. The first-order valence-corrected chi connectivity index (χ1v) is 12.0. The molecule has 2 N–H and O–H groups in total. The van der Waals surface area contributed by atoms with Crippen molar-refractivity contribution in [3.05, 3.63) is 41.6 Å². The monoisotopic (exact) mass is 453 g/mol. The van der Waals surface area contributed by atoms with Gasteiger partial charge in [-0.3, -0.25) is 4.79 Å². The third-order valence-electron chi connectivity index (χ3n) is 5.54. The second kappa shape index (κ2) is 9.96. The minimum atomic E-state index is -3.55. The van der Waals surface area contributed by atoms with Gasteiger partial charge in [0, 0.05) is 37.9 Å². The summed E-state index contributed by atoms with van der Waals surface area (Å²) in [6.07, 6.45) is 6.16. The highest BCUT2D eigenvalue weighted by atomic mass is 35.5. The van der Waals surface area contributed by atoms with Crippen LogP contribution in [0.25, 0.3) is 11.3 Å². The third-order valence-corrected chi connectivity index (χ3v) is 7.92. The topological polar surface area (TPSA) is 93.7 Å². The summed E-state index contributed by atoms with van der Waals surface area (Å²) in [6, 6.07) is 9.51. The first-order chi connectivity index (χ1) is 14.3. The van der Waals surface area contributed by atoms with Crippen LogP contribution in [0, 0.1) is 0 Å². The van der Waals surface area contributed by atoms with Crippen LogP contribution in [0.3, 0.4) is 0 Å². The molecule has 0 unspecified atom stereocenters. The number of H-pyrrole nitrogens is 1. The van der Waals surface area contributed by atoms with E-state index in [9.17, 15) is 8.42 Å². The number of piperidine rings is 1. The maximum atomic E-state index is 13.1. The number of sulfonamides is 1. The first-order valence-electron chi connectivity index (χ1n) is 10.2. The van der Waals surface area contributed by atoms with Gasteiger partial charge in [0.15, 0.2) is 0 Å². The van der Waals surface area contributed by atoms with E-state index in [0.29, 0.717) is 19.1 Å². The van der Waals surface area contributed by atoms with E-state index in [4.69, 9.17) is 21.5 Å². The number of benzene rings is 1. The zero-order chi connectivity index (χ0) is 21.7. The summed E-state index contributed by atoms with van der Waals surface area (Å²) in [5.41, 5.74) is 1.80. The average molecular weight is 454 g/mol. The van der Waals surface area contributed by atoms with Crippen LogP contribution in [0.4, 0.5) is 0 Å². The van der Waals surface area contributed by atoms with E-state index in [1.54, 1.807) is 16.4 Å². The van der Waals surface area contributed by atoms with Gasteiger partial charge >= 0.3 is 0 Å². The lowest BCUT2D eigenvalue weighted by Gasteiger charge is -2.36. The minimum absolute atomic E-state index is 0.203. The highest BCUT2D eigenvalue weighted by molar-refractivity contribution is 7.89. The van der Waals surface area contributed by atoms with Crippen molar-refractivity contribution in [3.63, 3.8) is 0 Å². The van der Waals surface area contributed by atoms with E-state index in [0.717, 1.165) is 44.1 Å². The molecular formula is C21H28ClN3O4S. The van der Waals surface area contributed by atoms with Crippen LogP contribution < -0.4 is 0 Å². The molecule has 30 heavy (non-hydrogen) atoms. The molecule has 2 aromatic rings. The van der Waals surface area contributed by atoms with Gasteiger partial charge in [0.05, 0.1) is 5.02 Å². The van der Waals surface area contributed by atoms with Gasteiger partial charge in [-0.05, 0) is 68.6 Å². The van der Waals surface area contributed by atoms with Crippen LogP contribution in [-0.4, -0.2) is 65.9 Å². The van der Waals surface area contributed by atoms with Crippen LogP contribution in [-0.2, 0) is 14.8 Å². The summed E-state index contributed by atoms with van der Waals surface area (Å²) in [7, 11) is -3.55. The number of halogens is 1. The van der Waals surface area contributed by atoms with Crippen LogP contribution in [0.1, 0.15) is 32.6 Å². The first kappa shape index (κ1) is 22.8. The number of aliphatic carboxylic acids is 1. The Morgan fingerprint density at radius 1 is 1.13 bits per heavy atom. The van der Waals surface area contributed by atoms with Gasteiger partial charge in [-0.1, -0.05) is 17.7 Å². The summed E-state index contributed by atoms with van der Waals surface area (Å²) in [5.74, 6) is -0.833. The van der Waals surface area contributed by atoms with Gasteiger partial charge in [-0.2, -0.15) is 4.31 Å². The number of rotatable bonds is 4. The Morgan fingerprint density at radius 3 is 2.30 bits per heavy atom. The van der Waals surface area contributed by atoms with Crippen LogP contribution in [0.15, 0.2) is 41.4 Å². The van der Waals surface area contributed by atoms with Crippen molar-refractivity contribution in [1.29, 1.82) is 0 Å². The van der Waals surface area contributed by atoms with Gasteiger partial charge in [0.2, 0.25) is 10.0 Å². The molecule has 0 radical (unpaired) electrons. The Kier molecular flexibility index (Phi) is 7.57. The molecule has 7 nitrogen and oxygen atoms in total. The lowest BCUT2D eigenvalue weighted by Crippen LogP contribution is -2.45. The maximum Gasteiger partial charge on any atom is 0.300 e. The van der Waals surface area contributed by atoms with Crippen molar-refractivity contribution < 1.29 is 18.3 Å². The van der Waals surface area contributed by atoms with E-state index in [1.807, 2.05) is 24.4 Å². The minimum Gasteiger partial charge on any atom is -0.481 e. The summed E-state index contributed by atoms with van der Waals surface area (Å²) >= 11 is 6.35. The number of hydrogen-bond donors (Lipinski definition) is 2. The van der Waals surface area contributed by atoms with Crippen molar-refractivity contribution in [1.82, 2.24) is 14.2 Å². The van der Waals surface area contributed by atoms with Gasteiger partial charge in [-0.25, -0.2) is 8.42 Å².